The molecule has 122 valence electrons. The van der Waals surface area contributed by atoms with Gasteiger partial charge in [-0.15, -0.1) is 5.10 Å². The molecule has 0 saturated carbocycles. The minimum absolute atomic E-state index is 0.290. The Labute approximate surface area is 145 Å². The number of benzene rings is 1. The third-order valence-corrected chi connectivity index (χ3v) is 4.42. The Balaban J connectivity index is 1.70. The van der Waals surface area contributed by atoms with Crippen molar-refractivity contribution < 1.29 is 4.74 Å². The summed E-state index contributed by atoms with van der Waals surface area (Å²) in [6.07, 6.45) is 5.21. The predicted octanol–water partition coefficient (Wildman–Crippen LogP) is 4.33. The zero-order valence-corrected chi connectivity index (χ0v) is 14.5. The van der Waals surface area contributed by atoms with E-state index in [0.29, 0.717) is 11.8 Å². The van der Waals surface area contributed by atoms with Crippen LogP contribution in [0.3, 0.4) is 0 Å². The highest BCUT2D eigenvalue weighted by Gasteiger charge is 2.08. The summed E-state index contributed by atoms with van der Waals surface area (Å²) in [5.74, 6) is 0.696. The molecule has 0 aliphatic carbocycles. The standard InChI is InChI=1S/C18H18N4OS/c1-3-16-17(4-2)21-22-18(20-16)23-13-5-7-14(8-6-13)24-15-9-11-19-12-10-15/h5-12H,3-4H2,1-2H3. The van der Waals surface area contributed by atoms with Crippen LogP contribution in [-0.4, -0.2) is 20.2 Å². The molecule has 6 heteroatoms. The molecule has 0 saturated heterocycles. The summed E-state index contributed by atoms with van der Waals surface area (Å²) in [4.78, 5) is 10.7. The molecule has 3 rings (SSSR count). The van der Waals surface area contributed by atoms with E-state index in [1.165, 1.54) is 0 Å². The van der Waals surface area contributed by atoms with E-state index in [9.17, 15) is 0 Å². The summed E-state index contributed by atoms with van der Waals surface area (Å²) in [7, 11) is 0. The van der Waals surface area contributed by atoms with Gasteiger partial charge < -0.3 is 4.74 Å². The summed E-state index contributed by atoms with van der Waals surface area (Å²) in [6, 6.07) is 12.1. The lowest BCUT2D eigenvalue weighted by atomic mass is 10.2. The average molecular weight is 338 g/mol. The fourth-order valence-electron chi connectivity index (χ4n) is 2.19. The second-order valence-corrected chi connectivity index (χ2v) is 6.20. The molecule has 0 spiro atoms. The molecule has 24 heavy (non-hydrogen) atoms. The summed E-state index contributed by atoms with van der Waals surface area (Å²) < 4.78 is 5.72. The Morgan fingerprint density at radius 1 is 0.833 bits per heavy atom. The summed E-state index contributed by atoms with van der Waals surface area (Å²) in [5, 5.41) is 8.24. The van der Waals surface area contributed by atoms with E-state index in [2.05, 4.69) is 27.1 Å². The van der Waals surface area contributed by atoms with Gasteiger partial charge in [-0.1, -0.05) is 30.7 Å². The fourth-order valence-corrected chi connectivity index (χ4v) is 2.99. The van der Waals surface area contributed by atoms with Crippen LogP contribution in [0.4, 0.5) is 0 Å². The van der Waals surface area contributed by atoms with Gasteiger partial charge in [0, 0.05) is 22.2 Å². The average Bonchev–Trinajstić information content (AvgIpc) is 2.64. The monoisotopic (exact) mass is 338 g/mol. The molecule has 0 N–H and O–H groups in total. The third kappa shape index (κ3) is 4.08. The molecular formula is C18H18N4OS. The highest BCUT2D eigenvalue weighted by molar-refractivity contribution is 7.99. The molecule has 0 unspecified atom stereocenters. The first-order valence-electron chi connectivity index (χ1n) is 7.86. The van der Waals surface area contributed by atoms with Crippen molar-refractivity contribution in [1.82, 2.24) is 20.2 Å². The van der Waals surface area contributed by atoms with Crippen LogP contribution >= 0.6 is 11.8 Å². The van der Waals surface area contributed by atoms with Crippen LogP contribution < -0.4 is 4.74 Å². The highest BCUT2D eigenvalue weighted by atomic mass is 32.2. The number of rotatable bonds is 6. The van der Waals surface area contributed by atoms with Crippen molar-refractivity contribution in [2.45, 2.75) is 36.5 Å². The Kier molecular flexibility index (Phi) is 5.38. The number of aryl methyl sites for hydroxylation is 2. The molecule has 2 heterocycles. The zero-order valence-electron chi connectivity index (χ0n) is 13.6. The Hall–Kier alpha value is -2.47. The van der Waals surface area contributed by atoms with Crippen LogP contribution in [0.15, 0.2) is 58.6 Å². The van der Waals surface area contributed by atoms with Crippen molar-refractivity contribution in [2.75, 3.05) is 0 Å². The van der Waals surface area contributed by atoms with E-state index in [4.69, 9.17) is 4.74 Å². The van der Waals surface area contributed by atoms with Crippen molar-refractivity contribution in [3.05, 3.63) is 60.2 Å². The Morgan fingerprint density at radius 2 is 1.50 bits per heavy atom. The van der Waals surface area contributed by atoms with E-state index in [1.54, 1.807) is 24.2 Å². The minimum atomic E-state index is 0.290. The van der Waals surface area contributed by atoms with Gasteiger partial charge in [0.1, 0.15) is 5.75 Å². The van der Waals surface area contributed by atoms with Crippen molar-refractivity contribution in [3.63, 3.8) is 0 Å². The molecule has 0 fully saturated rings. The van der Waals surface area contributed by atoms with Gasteiger partial charge >= 0.3 is 6.01 Å². The molecule has 0 aliphatic rings. The molecule has 2 aromatic heterocycles. The lowest BCUT2D eigenvalue weighted by Gasteiger charge is -2.07. The topological polar surface area (TPSA) is 60.8 Å². The van der Waals surface area contributed by atoms with Gasteiger partial charge in [0.2, 0.25) is 0 Å². The highest BCUT2D eigenvalue weighted by Crippen LogP contribution is 2.29. The van der Waals surface area contributed by atoms with E-state index in [1.807, 2.05) is 43.3 Å². The zero-order chi connectivity index (χ0) is 16.8. The smallest absolute Gasteiger partial charge is 0.341 e. The van der Waals surface area contributed by atoms with Crippen molar-refractivity contribution in [1.29, 1.82) is 0 Å². The van der Waals surface area contributed by atoms with Gasteiger partial charge in [0.05, 0.1) is 11.4 Å². The summed E-state index contributed by atoms with van der Waals surface area (Å²) in [6.45, 7) is 4.10. The van der Waals surface area contributed by atoms with Crippen LogP contribution in [0.2, 0.25) is 0 Å². The number of ether oxygens (including phenoxy) is 1. The molecule has 3 aromatic rings. The van der Waals surface area contributed by atoms with Gasteiger partial charge in [-0.05, 0) is 49.2 Å². The minimum Gasteiger partial charge on any atom is -0.423 e. The van der Waals surface area contributed by atoms with Crippen LogP contribution in [0.1, 0.15) is 25.2 Å². The van der Waals surface area contributed by atoms with E-state index < -0.39 is 0 Å². The number of hydrogen-bond acceptors (Lipinski definition) is 6. The molecule has 5 nitrogen and oxygen atoms in total. The molecule has 0 bridgehead atoms. The predicted molar refractivity (Wildman–Crippen MR) is 93.5 cm³/mol. The Morgan fingerprint density at radius 3 is 2.17 bits per heavy atom. The molecule has 0 radical (unpaired) electrons. The maximum atomic E-state index is 5.72. The normalized spacial score (nSPS) is 10.6. The first-order chi connectivity index (χ1) is 11.8. The van der Waals surface area contributed by atoms with Gasteiger partial charge in [-0.25, -0.2) is 0 Å². The van der Waals surface area contributed by atoms with Crippen molar-refractivity contribution in [2.24, 2.45) is 0 Å². The number of aromatic nitrogens is 4. The van der Waals surface area contributed by atoms with Crippen LogP contribution in [0.5, 0.6) is 11.8 Å². The summed E-state index contributed by atoms with van der Waals surface area (Å²) >= 11 is 1.67. The van der Waals surface area contributed by atoms with E-state index in [0.717, 1.165) is 34.0 Å². The van der Waals surface area contributed by atoms with Gasteiger partial charge in [-0.3, -0.25) is 4.98 Å². The van der Waals surface area contributed by atoms with Crippen LogP contribution in [0.25, 0.3) is 0 Å². The Bertz CT molecular complexity index is 794. The number of pyridine rings is 1. The summed E-state index contributed by atoms with van der Waals surface area (Å²) in [5.41, 5.74) is 1.86. The van der Waals surface area contributed by atoms with E-state index >= 15 is 0 Å². The maximum absolute atomic E-state index is 5.72. The fraction of sp³-hybridized carbons (Fsp3) is 0.222. The molecule has 0 amide bonds. The van der Waals surface area contributed by atoms with Crippen molar-refractivity contribution in [3.8, 4) is 11.8 Å². The van der Waals surface area contributed by atoms with Crippen molar-refractivity contribution >= 4 is 11.8 Å². The van der Waals surface area contributed by atoms with E-state index in [-0.39, 0.29) is 0 Å². The number of nitrogens with zero attached hydrogens (tertiary/aromatic N) is 4. The first kappa shape index (κ1) is 16.4. The lowest BCUT2D eigenvalue weighted by molar-refractivity contribution is 0.428. The second kappa shape index (κ2) is 7.88. The number of hydrogen-bond donors (Lipinski definition) is 0. The molecule has 0 atom stereocenters. The van der Waals surface area contributed by atoms with Crippen LogP contribution in [0, 0.1) is 0 Å². The van der Waals surface area contributed by atoms with Gasteiger partial charge in [0.15, 0.2) is 0 Å². The first-order valence-corrected chi connectivity index (χ1v) is 8.68. The van der Waals surface area contributed by atoms with Gasteiger partial charge in [-0.2, -0.15) is 4.98 Å². The lowest BCUT2D eigenvalue weighted by Crippen LogP contribution is -2.04. The second-order valence-electron chi connectivity index (χ2n) is 5.05. The van der Waals surface area contributed by atoms with Gasteiger partial charge in [0.25, 0.3) is 0 Å². The molecule has 1 aromatic carbocycles. The molecular weight excluding hydrogens is 320 g/mol. The SMILES string of the molecule is CCc1nnc(Oc2ccc(Sc3ccncc3)cc2)nc1CC. The van der Waals surface area contributed by atoms with Crippen LogP contribution in [-0.2, 0) is 12.8 Å². The quantitative estimate of drug-likeness (QED) is 0.666. The third-order valence-electron chi connectivity index (χ3n) is 3.41. The maximum Gasteiger partial charge on any atom is 0.341 e. The molecule has 0 aliphatic heterocycles. The largest absolute Gasteiger partial charge is 0.423 e.